The van der Waals surface area contributed by atoms with Crippen molar-refractivity contribution in [2.24, 2.45) is 5.92 Å². The number of ether oxygens (including phenoxy) is 2. The van der Waals surface area contributed by atoms with E-state index in [9.17, 15) is 22.8 Å². The van der Waals surface area contributed by atoms with Gasteiger partial charge >= 0.3 is 6.18 Å². The number of rotatable bonds is 11. The largest absolute Gasteiger partial charge is 0.475 e. The summed E-state index contributed by atoms with van der Waals surface area (Å²) in [4.78, 5) is 35.8. The highest BCUT2D eigenvalue weighted by molar-refractivity contribution is 5.96. The standard InChI is InChI=1S/C28H34F3N5O4/c1-6-21-8-7-11-36(21)12-13-39-27-22(9-10-24(35-27)40-16-28(29,30)31)26(38)33-19(5)20-14-18(4)32-23(15-20)34-25(37)17(2)3/h9-10,14-15,17,19H,1,7-8,11-13,16H2,2-5H3,(H,33,38)(H,32,34,37). The van der Waals surface area contributed by atoms with Gasteiger partial charge in [0.25, 0.3) is 5.91 Å². The highest BCUT2D eigenvalue weighted by atomic mass is 19.4. The van der Waals surface area contributed by atoms with Crippen LogP contribution in [0.3, 0.4) is 0 Å². The summed E-state index contributed by atoms with van der Waals surface area (Å²) < 4.78 is 48.6. The predicted molar refractivity (Wildman–Crippen MR) is 143 cm³/mol. The van der Waals surface area contributed by atoms with E-state index in [2.05, 4.69) is 32.9 Å². The summed E-state index contributed by atoms with van der Waals surface area (Å²) in [6.45, 7) is 10.6. The lowest BCUT2D eigenvalue weighted by Gasteiger charge is -2.20. The van der Waals surface area contributed by atoms with Crippen LogP contribution >= 0.6 is 0 Å². The van der Waals surface area contributed by atoms with Crippen molar-refractivity contribution in [3.63, 3.8) is 0 Å². The van der Waals surface area contributed by atoms with E-state index in [4.69, 9.17) is 9.47 Å². The van der Waals surface area contributed by atoms with E-state index in [1.165, 1.54) is 12.1 Å². The van der Waals surface area contributed by atoms with Crippen molar-refractivity contribution in [1.29, 1.82) is 0 Å². The summed E-state index contributed by atoms with van der Waals surface area (Å²) in [7, 11) is 0. The second-order valence-corrected chi connectivity index (χ2v) is 9.73. The Bertz CT molecular complexity index is 1280. The van der Waals surface area contributed by atoms with Crippen LogP contribution in [0.15, 0.2) is 42.3 Å². The van der Waals surface area contributed by atoms with Crippen molar-refractivity contribution in [2.75, 3.05) is 31.6 Å². The molecule has 3 heterocycles. The molecule has 2 N–H and O–H groups in total. The molecule has 0 bridgehead atoms. The van der Waals surface area contributed by atoms with Crippen molar-refractivity contribution in [3.05, 3.63) is 59.1 Å². The van der Waals surface area contributed by atoms with Crippen LogP contribution in [0.5, 0.6) is 11.8 Å². The summed E-state index contributed by atoms with van der Waals surface area (Å²) >= 11 is 0. The van der Waals surface area contributed by atoms with Crippen molar-refractivity contribution < 1.29 is 32.2 Å². The minimum atomic E-state index is -4.55. The fourth-order valence-corrected chi connectivity index (χ4v) is 4.01. The third-order valence-electron chi connectivity index (χ3n) is 6.09. The Morgan fingerprint density at radius 1 is 1.18 bits per heavy atom. The monoisotopic (exact) mass is 561 g/mol. The maximum atomic E-state index is 13.3. The zero-order valence-electron chi connectivity index (χ0n) is 23.0. The van der Waals surface area contributed by atoms with Gasteiger partial charge in [0.2, 0.25) is 17.7 Å². The SMILES string of the molecule is C=C=C1CCCN1CCOc1nc(OCC(F)(F)F)ccc1C(=O)NC(C)c1cc(C)nc(NC(=O)C(C)C)c1. The first-order valence-corrected chi connectivity index (χ1v) is 12.9. The number of carbonyl (C=O) groups is 2. The van der Waals surface area contributed by atoms with Crippen LogP contribution in [-0.2, 0) is 4.79 Å². The molecule has 0 spiro atoms. The number of amides is 2. The Balaban J connectivity index is 1.78. The number of hydrogen-bond acceptors (Lipinski definition) is 7. The number of nitrogens with one attached hydrogen (secondary N) is 2. The molecule has 40 heavy (non-hydrogen) atoms. The van der Waals surface area contributed by atoms with Crippen LogP contribution in [0.1, 0.15) is 61.3 Å². The van der Waals surface area contributed by atoms with E-state index >= 15 is 0 Å². The number of allylic oxidation sites excluding steroid dienone is 1. The minimum Gasteiger partial charge on any atom is -0.475 e. The van der Waals surface area contributed by atoms with Gasteiger partial charge in [0, 0.05) is 24.2 Å². The molecule has 1 fully saturated rings. The van der Waals surface area contributed by atoms with Gasteiger partial charge in [0.05, 0.1) is 18.3 Å². The van der Waals surface area contributed by atoms with Crippen molar-refractivity contribution in [2.45, 2.75) is 52.8 Å². The van der Waals surface area contributed by atoms with Crippen LogP contribution in [0.25, 0.3) is 0 Å². The van der Waals surface area contributed by atoms with E-state index in [1.54, 1.807) is 39.8 Å². The molecule has 1 aliphatic rings. The molecule has 1 unspecified atom stereocenters. The molecule has 216 valence electrons. The molecule has 0 aromatic carbocycles. The van der Waals surface area contributed by atoms with Gasteiger partial charge in [-0.15, -0.1) is 5.73 Å². The average Bonchev–Trinajstić information content (AvgIpc) is 3.34. The third-order valence-corrected chi connectivity index (χ3v) is 6.09. The second kappa shape index (κ2) is 13.3. The summed E-state index contributed by atoms with van der Waals surface area (Å²) in [6, 6.07) is 5.44. The lowest BCUT2D eigenvalue weighted by molar-refractivity contribution is -0.154. The molecule has 2 aromatic heterocycles. The summed E-state index contributed by atoms with van der Waals surface area (Å²) in [5.74, 6) is -1.08. The fraction of sp³-hybridized carbons (Fsp3) is 0.464. The van der Waals surface area contributed by atoms with Crippen LogP contribution in [-0.4, -0.2) is 59.2 Å². The van der Waals surface area contributed by atoms with E-state index in [-0.39, 0.29) is 35.8 Å². The van der Waals surface area contributed by atoms with Crippen molar-refractivity contribution in [1.82, 2.24) is 20.2 Å². The van der Waals surface area contributed by atoms with Gasteiger partial charge in [-0.1, -0.05) is 20.4 Å². The van der Waals surface area contributed by atoms with Crippen molar-refractivity contribution >= 4 is 17.6 Å². The molecule has 2 aromatic rings. The Hall–Kier alpha value is -4.05. The zero-order valence-corrected chi connectivity index (χ0v) is 23.0. The lowest BCUT2D eigenvalue weighted by Crippen LogP contribution is -2.29. The first-order chi connectivity index (χ1) is 18.9. The average molecular weight is 562 g/mol. The van der Waals surface area contributed by atoms with Crippen LogP contribution in [0.2, 0.25) is 0 Å². The maximum absolute atomic E-state index is 13.3. The van der Waals surface area contributed by atoms with Crippen LogP contribution in [0.4, 0.5) is 19.0 Å². The molecular weight excluding hydrogens is 527 g/mol. The molecule has 0 radical (unpaired) electrons. The van der Waals surface area contributed by atoms with E-state index in [1.807, 2.05) is 4.90 Å². The maximum Gasteiger partial charge on any atom is 0.422 e. The molecule has 1 atom stereocenters. The Morgan fingerprint density at radius 3 is 2.60 bits per heavy atom. The van der Waals surface area contributed by atoms with E-state index in [0.717, 1.165) is 25.1 Å². The molecule has 3 rings (SSSR count). The number of aromatic nitrogens is 2. The number of likely N-dealkylation sites (tertiary alicyclic amines) is 1. The molecule has 0 saturated carbocycles. The van der Waals surface area contributed by atoms with Crippen molar-refractivity contribution in [3.8, 4) is 11.8 Å². The highest BCUT2D eigenvalue weighted by Gasteiger charge is 2.29. The zero-order chi connectivity index (χ0) is 29.4. The lowest BCUT2D eigenvalue weighted by atomic mass is 10.1. The number of nitrogens with zero attached hydrogens (tertiary/aromatic N) is 3. The summed E-state index contributed by atoms with van der Waals surface area (Å²) in [5, 5.41) is 5.61. The minimum absolute atomic E-state index is 0.0335. The number of aryl methyl sites for hydroxylation is 1. The first kappa shape index (κ1) is 30.5. The highest BCUT2D eigenvalue weighted by Crippen LogP contribution is 2.25. The van der Waals surface area contributed by atoms with Gasteiger partial charge in [-0.25, -0.2) is 4.98 Å². The second-order valence-electron chi connectivity index (χ2n) is 9.73. The van der Waals surface area contributed by atoms with Gasteiger partial charge < -0.3 is 25.0 Å². The molecule has 2 amide bonds. The molecule has 1 aliphatic heterocycles. The topological polar surface area (TPSA) is 106 Å². The fourth-order valence-electron chi connectivity index (χ4n) is 4.01. The molecule has 1 saturated heterocycles. The number of alkyl halides is 3. The van der Waals surface area contributed by atoms with Gasteiger partial charge in [0.15, 0.2) is 6.61 Å². The van der Waals surface area contributed by atoms with E-state index < -0.39 is 24.7 Å². The molecule has 12 heteroatoms. The first-order valence-electron chi connectivity index (χ1n) is 12.9. The molecule has 9 nitrogen and oxygen atoms in total. The number of halogens is 3. The van der Waals surface area contributed by atoms with Gasteiger partial charge in [0.1, 0.15) is 18.0 Å². The van der Waals surface area contributed by atoms with Gasteiger partial charge in [-0.05, 0) is 50.5 Å². The smallest absolute Gasteiger partial charge is 0.422 e. The predicted octanol–water partition coefficient (Wildman–Crippen LogP) is 4.96. The number of pyridine rings is 2. The van der Waals surface area contributed by atoms with Crippen LogP contribution < -0.4 is 20.1 Å². The third kappa shape index (κ3) is 8.74. The quantitative estimate of drug-likeness (QED) is 0.374. The Labute approximate surface area is 231 Å². The van der Waals surface area contributed by atoms with Gasteiger partial charge in [-0.3, -0.25) is 9.59 Å². The number of carbonyl (C=O) groups excluding carboxylic acids is 2. The van der Waals surface area contributed by atoms with E-state index in [0.29, 0.717) is 23.6 Å². The summed E-state index contributed by atoms with van der Waals surface area (Å²) in [6.07, 6.45) is -2.74. The Kier molecular flexibility index (Phi) is 10.2. The molecular formula is C28H34F3N5O4. The molecule has 0 aliphatic carbocycles. The Morgan fingerprint density at radius 2 is 1.93 bits per heavy atom. The van der Waals surface area contributed by atoms with Crippen LogP contribution in [0, 0.1) is 12.8 Å². The summed E-state index contributed by atoms with van der Waals surface area (Å²) in [5.41, 5.74) is 5.23. The number of anilines is 1. The van der Waals surface area contributed by atoms with Gasteiger partial charge in [-0.2, -0.15) is 18.2 Å². The normalized spacial score (nSPS) is 14.1. The number of hydrogen-bond donors (Lipinski definition) is 2.